The molecule has 2 aromatic rings. The molecule has 86 valence electrons. The average Bonchev–Trinajstić information content (AvgIpc) is 2.77. The number of aldehydes is 1. The molecule has 0 atom stereocenters. The number of carboxylic acids is 1. The summed E-state index contributed by atoms with van der Waals surface area (Å²) >= 11 is 0. The van der Waals surface area contributed by atoms with Crippen molar-refractivity contribution in [2.45, 2.75) is 0 Å². The lowest BCUT2D eigenvalue weighted by Crippen LogP contribution is -2.05. The molecule has 2 rings (SSSR count). The highest BCUT2D eigenvalue weighted by atomic mass is 19.1. The Kier molecular flexibility index (Phi) is 2.65. The van der Waals surface area contributed by atoms with Gasteiger partial charge in [0.1, 0.15) is 0 Å². The van der Waals surface area contributed by atoms with Crippen LogP contribution in [0.4, 0.5) is 4.39 Å². The third-order valence-electron chi connectivity index (χ3n) is 2.09. The molecule has 0 amide bonds. The van der Waals surface area contributed by atoms with E-state index in [-0.39, 0.29) is 16.9 Å². The minimum atomic E-state index is -1.21. The van der Waals surface area contributed by atoms with Crippen LogP contribution in [0.15, 0.2) is 24.7 Å². The van der Waals surface area contributed by atoms with Gasteiger partial charge in [0.25, 0.3) is 0 Å². The van der Waals surface area contributed by atoms with Crippen molar-refractivity contribution in [2.75, 3.05) is 0 Å². The van der Waals surface area contributed by atoms with E-state index in [1.54, 1.807) is 0 Å². The van der Waals surface area contributed by atoms with Crippen molar-refractivity contribution in [3.8, 4) is 5.69 Å². The number of carbonyl (C=O) groups excluding carboxylic acids is 1. The van der Waals surface area contributed by atoms with Gasteiger partial charge >= 0.3 is 5.97 Å². The zero-order chi connectivity index (χ0) is 12.4. The molecule has 1 N–H and O–H groups in total. The van der Waals surface area contributed by atoms with Gasteiger partial charge in [-0.15, -0.1) is 0 Å². The van der Waals surface area contributed by atoms with Crippen LogP contribution < -0.4 is 0 Å². The Hall–Kier alpha value is -2.57. The molecule has 17 heavy (non-hydrogen) atoms. The van der Waals surface area contributed by atoms with E-state index in [2.05, 4.69) is 10.1 Å². The van der Waals surface area contributed by atoms with E-state index < -0.39 is 11.8 Å². The van der Waals surface area contributed by atoms with Crippen molar-refractivity contribution >= 4 is 12.3 Å². The van der Waals surface area contributed by atoms with Gasteiger partial charge in [0.05, 0.1) is 23.6 Å². The Morgan fingerprint density at radius 2 is 2.24 bits per heavy atom. The van der Waals surface area contributed by atoms with E-state index >= 15 is 0 Å². The van der Waals surface area contributed by atoms with E-state index in [0.29, 0.717) is 6.29 Å². The molecule has 0 radical (unpaired) electrons. The Labute approximate surface area is 94.3 Å². The van der Waals surface area contributed by atoms with Gasteiger partial charge in [-0.05, 0) is 6.07 Å². The minimum Gasteiger partial charge on any atom is -0.476 e. The zero-order valence-electron chi connectivity index (χ0n) is 8.37. The molecule has 0 saturated heterocycles. The molecule has 0 bridgehead atoms. The number of hydrogen-bond acceptors (Lipinski definition) is 4. The summed E-state index contributed by atoms with van der Waals surface area (Å²) in [6.45, 7) is 0. The first-order valence-electron chi connectivity index (χ1n) is 4.51. The molecule has 0 fully saturated rings. The van der Waals surface area contributed by atoms with E-state index in [9.17, 15) is 14.0 Å². The second-order valence-corrected chi connectivity index (χ2v) is 3.12. The number of carboxylic acid groups (broad SMARTS) is 1. The maximum absolute atomic E-state index is 13.3. The lowest BCUT2D eigenvalue weighted by Gasteiger charge is -2.04. The fourth-order valence-corrected chi connectivity index (χ4v) is 1.31. The van der Waals surface area contributed by atoms with E-state index in [4.69, 9.17) is 5.11 Å². The molecule has 0 aliphatic carbocycles. The monoisotopic (exact) mass is 235 g/mol. The highest BCUT2D eigenvalue weighted by Gasteiger charge is 2.13. The van der Waals surface area contributed by atoms with Gasteiger partial charge in [0.2, 0.25) is 0 Å². The normalized spacial score (nSPS) is 10.2. The molecule has 7 heteroatoms. The summed E-state index contributed by atoms with van der Waals surface area (Å²) in [4.78, 5) is 25.0. The predicted octanol–water partition coefficient (Wildman–Crippen LogP) is 0.917. The molecule has 0 saturated carbocycles. The molecule has 6 nitrogen and oxygen atoms in total. The van der Waals surface area contributed by atoms with Crippen LogP contribution in [0.1, 0.15) is 20.8 Å². The molecular weight excluding hydrogens is 229 g/mol. The summed E-state index contributed by atoms with van der Waals surface area (Å²) in [5, 5.41) is 12.4. The van der Waals surface area contributed by atoms with Gasteiger partial charge in [-0.3, -0.25) is 9.78 Å². The Morgan fingerprint density at radius 1 is 1.47 bits per heavy atom. The summed E-state index contributed by atoms with van der Waals surface area (Å²) in [5.74, 6) is -1.99. The number of hydrogen-bond donors (Lipinski definition) is 1. The lowest BCUT2D eigenvalue weighted by molar-refractivity contribution is 0.0690. The van der Waals surface area contributed by atoms with Gasteiger partial charge in [0.15, 0.2) is 17.8 Å². The highest BCUT2D eigenvalue weighted by Crippen LogP contribution is 2.14. The van der Waals surface area contributed by atoms with Crippen molar-refractivity contribution < 1.29 is 19.1 Å². The van der Waals surface area contributed by atoms with Crippen LogP contribution in [0.25, 0.3) is 5.69 Å². The third kappa shape index (κ3) is 1.89. The van der Waals surface area contributed by atoms with Gasteiger partial charge in [-0.25, -0.2) is 13.9 Å². The number of rotatable bonds is 3. The number of aromatic carboxylic acids is 1. The zero-order valence-corrected chi connectivity index (χ0v) is 8.37. The molecule has 0 spiro atoms. The second kappa shape index (κ2) is 4.12. The summed E-state index contributed by atoms with van der Waals surface area (Å²) in [6, 6.07) is 1.24. The van der Waals surface area contributed by atoms with Crippen LogP contribution in [-0.2, 0) is 0 Å². The topological polar surface area (TPSA) is 85.1 Å². The van der Waals surface area contributed by atoms with E-state index in [0.717, 1.165) is 10.9 Å². The van der Waals surface area contributed by atoms with Crippen LogP contribution in [-0.4, -0.2) is 32.1 Å². The van der Waals surface area contributed by atoms with Gasteiger partial charge < -0.3 is 5.11 Å². The van der Waals surface area contributed by atoms with Gasteiger partial charge in [-0.2, -0.15) is 5.10 Å². The molecule has 0 aromatic carbocycles. The van der Waals surface area contributed by atoms with E-state index in [1.165, 1.54) is 18.5 Å². The van der Waals surface area contributed by atoms with Crippen molar-refractivity contribution in [2.24, 2.45) is 0 Å². The Bertz CT molecular complexity index is 594. The van der Waals surface area contributed by atoms with Crippen molar-refractivity contribution in [3.63, 3.8) is 0 Å². The van der Waals surface area contributed by atoms with Crippen molar-refractivity contribution in [1.29, 1.82) is 0 Å². The van der Waals surface area contributed by atoms with Gasteiger partial charge in [-0.1, -0.05) is 0 Å². The first kappa shape index (κ1) is 10.9. The third-order valence-corrected chi connectivity index (χ3v) is 2.09. The summed E-state index contributed by atoms with van der Waals surface area (Å²) in [5.41, 5.74) is -0.335. The average molecular weight is 235 g/mol. The fraction of sp³-hybridized carbons (Fsp3) is 0. The first-order valence-corrected chi connectivity index (χ1v) is 4.51. The van der Waals surface area contributed by atoms with Crippen LogP contribution in [0.3, 0.4) is 0 Å². The molecule has 0 aliphatic rings. The number of aromatic nitrogens is 3. The number of pyridine rings is 1. The van der Waals surface area contributed by atoms with Crippen LogP contribution in [0.2, 0.25) is 0 Å². The van der Waals surface area contributed by atoms with Crippen LogP contribution in [0, 0.1) is 5.82 Å². The standard InChI is InChI=1S/C10H6FN3O3/c11-7-3-12-4-9(6(7)5-15)14-2-1-8(13-14)10(16)17/h1-5H,(H,16,17). The smallest absolute Gasteiger partial charge is 0.356 e. The van der Waals surface area contributed by atoms with Crippen molar-refractivity contribution in [3.05, 3.63) is 41.7 Å². The van der Waals surface area contributed by atoms with E-state index in [1.807, 2.05) is 0 Å². The highest BCUT2D eigenvalue weighted by molar-refractivity contribution is 5.85. The quantitative estimate of drug-likeness (QED) is 0.799. The number of carbonyl (C=O) groups is 2. The summed E-state index contributed by atoms with van der Waals surface area (Å²) < 4.78 is 14.3. The first-order chi connectivity index (χ1) is 8.13. The summed E-state index contributed by atoms with van der Waals surface area (Å²) in [6.07, 6.45) is 3.77. The van der Waals surface area contributed by atoms with Gasteiger partial charge in [0, 0.05) is 6.20 Å². The molecule has 2 aromatic heterocycles. The van der Waals surface area contributed by atoms with Crippen LogP contribution >= 0.6 is 0 Å². The molecule has 0 unspecified atom stereocenters. The SMILES string of the molecule is O=Cc1c(F)cncc1-n1ccc(C(=O)O)n1. The predicted molar refractivity (Wildman–Crippen MR) is 53.7 cm³/mol. The molecular formula is C10H6FN3O3. The molecule has 0 aliphatic heterocycles. The lowest BCUT2D eigenvalue weighted by atomic mass is 10.2. The van der Waals surface area contributed by atoms with Crippen molar-refractivity contribution in [1.82, 2.24) is 14.8 Å². The minimum absolute atomic E-state index is 0.0903. The molecule has 2 heterocycles. The summed E-state index contributed by atoms with van der Waals surface area (Å²) in [7, 11) is 0. The Balaban J connectivity index is 2.56. The maximum Gasteiger partial charge on any atom is 0.356 e. The number of halogens is 1. The second-order valence-electron chi connectivity index (χ2n) is 3.12. The largest absolute Gasteiger partial charge is 0.476 e. The van der Waals surface area contributed by atoms with Crippen LogP contribution in [0.5, 0.6) is 0 Å². The Morgan fingerprint density at radius 3 is 2.82 bits per heavy atom. The number of nitrogens with zero attached hydrogens (tertiary/aromatic N) is 3. The fourth-order valence-electron chi connectivity index (χ4n) is 1.31. The maximum atomic E-state index is 13.3.